The summed E-state index contributed by atoms with van der Waals surface area (Å²) >= 11 is 0. The Morgan fingerprint density at radius 1 is 0.972 bits per heavy atom. The largest absolute Gasteiger partial charge is 0.507 e. The van der Waals surface area contributed by atoms with E-state index < -0.39 is 0 Å². The molecule has 2 nitrogen and oxygen atoms in total. The third-order valence-corrected chi connectivity index (χ3v) is 9.88. The lowest BCUT2D eigenvalue weighted by atomic mass is 9.42. The summed E-state index contributed by atoms with van der Waals surface area (Å²) in [6, 6.07) is 12.0. The summed E-state index contributed by atoms with van der Waals surface area (Å²) in [5.74, 6) is 0.0532. The molecule has 3 aliphatic rings. The molecule has 186 valence electrons. The van der Waals surface area contributed by atoms with Crippen molar-refractivity contribution in [3.63, 3.8) is 0 Å². The quantitative estimate of drug-likeness (QED) is 0.469. The zero-order valence-corrected chi connectivity index (χ0v) is 22.9. The van der Waals surface area contributed by atoms with E-state index in [0.717, 1.165) is 58.2 Å². The van der Waals surface area contributed by atoms with Gasteiger partial charge in [0.1, 0.15) is 5.75 Å². The molecule has 0 saturated heterocycles. The second-order valence-electron chi connectivity index (χ2n) is 12.3. The summed E-state index contributed by atoms with van der Waals surface area (Å²) in [6.07, 6.45) is 2.57. The number of hydrogen-bond donors (Lipinski definition) is 1. The lowest BCUT2D eigenvalue weighted by Crippen LogP contribution is -2.53. The van der Waals surface area contributed by atoms with Gasteiger partial charge in [-0.15, -0.1) is 0 Å². The summed E-state index contributed by atoms with van der Waals surface area (Å²) in [5, 5.41) is 11.0. The van der Waals surface area contributed by atoms with Crippen molar-refractivity contribution in [2.24, 2.45) is 16.2 Å². The molecule has 0 unspecified atom stereocenters. The van der Waals surface area contributed by atoms with E-state index in [1.165, 1.54) is 16.7 Å². The predicted octanol–water partition coefficient (Wildman–Crippen LogP) is 8.70. The molecule has 0 spiro atoms. The molecule has 0 radical (unpaired) electrons. The zero-order valence-electron chi connectivity index (χ0n) is 22.9. The summed E-state index contributed by atoms with van der Waals surface area (Å²) in [5.41, 5.74) is 10.6. The molecule has 2 aromatic carbocycles. The molecule has 0 aliphatic heterocycles. The van der Waals surface area contributed by atoms with Crippen LogP contribution in [0.15, 0.2) is 83.0 Å². The molecular formula is C34H38O2. The SMILES string of the molecule is C=C(C)C1=C(C)C[C@@]2(C)C[C@@]3(C)Cc4c(-c5ccccc5C)ccc(O)c4C(=O)C3=C(C)[C@@]2(C)C1=C. The maximum Gasteiger partial charge on any atom is 0.193 e. The minimum Gasteiger partial charge on any atom is -0.507 e. The molecule has 0 bridgehead atoms. The standard InChI is InChI=1S/C34H38O2/c1-19(2)28-21(4)16-33(8)18-32(7)17-26-25(24-13-11-10-12-20(24)3)14-15-27(35)29(26)31(36)30(32)23(6)34(33,9)22(28)5/h10-15,35H,1,5,16-18H2,2-4,6-9H3/t32-,33+,34-/m1/s1. The lowest BCUT2D eigenvalue weighted by molar-refractivity contribution is 0.0463. The molecule has 0 heterocycles. The first-order chi connectivity index (χ1) is 16.8. The fraction of sp³-hybridized carbons (Fsp3) is 0.382. The molecule has 2 aromatic rings. The summed E-state index contributed by atoms with van der Waals surface area (Å²) in [6.45, 7) is 24.3. The summed E-state index contributed by atoms with van der Waals surface area (Å²) < 4.78 is 0. The van der Waals surface area contributed by atoms with E-state index in [2.05, 4.69) is 73.8 Å². The number of allylic oxidation sites excluding steroid dienone is 6. The van der Waals surface area contributed by atoms with Crippen LogP contribution in [0, 0.1) is 23.2 Å². The van der Waals surface area contributed by atoms with Crippen LogP contribution in [0.1, 0.15) is 75.9 Å². The van der Waals surface area contributed by atoms with E-state index in [9.17, 15) is 9.90 Å². The third-order valence-electron chi connectivity index (χ3n) is 9.88. The molecular weight excluding hydrogens is 440 g/mol. The topological polar surface area (TPSA) is 37.3 Å². The van der Waals surface area contributed by atoms with E-state index in [1.54, 1.807) is 6.07 Å². The van der Waals surface area contributed by atoms with Gasteiger partial charge in [0, 0.05) is 16.4 Å². The third kappa shape index (κ3) is 3.00. The number of phenolic OH excluding ortho intramolecular Hbond substituents is 1. The predicted molar refractivity (Wildman–Crippen MR) is 149 cm³/mol. The minimum atomic E-state index is -0.355. The second-order valence-corrected chi connectivity index (χ2v) is 12.3. The highest BCUT2D eigenvalue weighted by molar-refractivity contribution is 6.15. The smallest absolute Gasteiger partial charge is 0.193 e. The minimum absolute atomic E-state index is 0.0246. The maximum absolute atomic E-state index is 14.4. The number of carbonyl (C=O) groups excluding carboxylic acids is 1. The van der Waals surface area contributed by atoms with Gasteiger partial charge in [-0.1, -0.05) is 81.0 Å². The van der Waals surface area contributed by atoms with Crippen molar-refractivity contribution in [3.8, 4) is 16.9 Å². The molecule has 0 fully saturated rings. The van der Waals surface area contributed by atoms with Gasteiger partial charge >= 0.3 is 0 Å². The Labute approximate surface area is 216 Å². The summed E-state index contributed by atoms with van der Waals surface area (Å²) in [4.78, 5) is 14.4. The van der Waals surface area contributed by atoms with Gasteiger partial charge < -0.3 is 5.11 Å². The Morgan fingerprint density at radius 3 is 2.28 bits per heavy atom. The van der Waals surface area contributed by atoms with Gasteiger partial charge in [-0.2, -0.15) is 0 Å². The Bertz CT molecular complexity index is 1450. The fourth-order valence-corrected chi connectivity index (χ4v) is 8.22. The van der Waals surface area contributed by atoms with Crippen molar-refractivity contribution in [1.29, 1.82) is 0 Å². The number of rotatable bonds is 2. The van der Waals surface area contributed by atoms with Crippen LogP contribution in [-0.2, 0) is 6.42 Å². The first-order valence-electron chi connectivity index (χ1n) is 13.0. The number of aryl methyl sites for hydroxylation is 1. The van der Waals surface area contributed by atoms with E-state index in [0.29, 0.717) is 5.56 Å². The van der Waals surface area contributed by atoms with Crippen molar-refractivity contribution in [2.75, 3.05) is 0 Å². The average molecular weight is 479 g/mol. The van der Waals surface area contributed by atoms with Crippen LogP contribution in [0.2, 0.25) is 0 Å². The number of phenols is 1. The van der Waals surface area contributed by atoms with Crippen LogP contribution >= 0.6 is 0 Å². The first kappa shape index (κ1) is 24.6. The van der Waals surface area contributed by atoms with Crippen molar-refractivity contribution in [2.45, 2.75) is 67.7 Å². The molecule has 36 heavy (non-hydrogen) atoms. The van der Waals surface area contributed by atoms with E-state index in [1.807, 2.05) is 18.2 Å². The zero-order chi connectivity index (χ0) is 26.4. The molecule has 5 rings (SSSR count). The highest BCUT2D eigenvalue weighted by Crippen LogP contribution is 2.69. The number of Topliss-reactive ketones (excluding diaryl/α,β-unsaturated/α-hetero) is 1. The Morgan fingerprint density at radius 2 is 1.64 bits per heavy atom. The molecule has 0 amide bonds. The number of benzene rings is 2. The van der Waals surface area contributed by atoms with Crippen LogP contribution in [0.4, 0.5) is 0 Å². The molecule has 3 atom stereocenters. The number of ketones is 1. The van der Waals surface area contributed by atoms with Crippen LogP contribution < -0.4 is 0 Å². The highest BCUT2D eigenvalue weighted by atomic mass is 16.3. The van der Waals surface area contributed by atoms with Gasteiger partial charge in [0.2, 0.25) is 0 Å². The molecule has 2 heteroatoms. The van der Waals surface area contributed by atoms with Gasteiger partial charge in [0.15, 0.2) is 5.78 Å². The van der Waals surface area contributed by atoms with Crippen LogP contribution in [0.5, 0.6) is 5.75 Å². The Balaban J connectivity index is 1.79. The fourth-order valence-electron chi connectivity index (χ4n) is 8.22. The highest BCUT2D eigenvalue weighted by Gasteiger charge is 2.60. The van der Waals surface area contributed by atoms with Gasteiger partial charge in [-0.3, -0.25) is 4.79 Å². The van der Waals surface area contributed by atoms with E-state index in [4.69, 9.17) is 0 Å². The number of aromatic hydroxyl groups is 1. The number of carbonyl (C=O) groups is 1. The maximum atomic E-state index is 14.4. The van der Waals surface area contributed by atoms with E-state index in [-0.39, 0.29) is 27.8 Å². The molecule has 3 aliphatic carbocycles. The van der Waals surface area contributed by atoms with Gasteiger partial charge in [0.25, 0.3) is 0 Å². The van der Waals surface area contributed by atoms with Crippen LogP contribution in [0.3, 0.4) is 0 Å². The second kappa shape index (κ2) is 7.68. The van der Waals surface area contributed by atoms with Gasteiger partial charge in [-0.05, 0) is 91.8 Å². The molecule has 1 N–H and O–H groups in total. The monoisotopic (exact) mass is 478 g/mol. The van der Waals surface area contributed by atoms with Crippen molar-refractivity contribution in [3.05, 3.63) is 99.7 Å². The Kier molecular flexibility index (Phi) is 5.24. The van der Waals surface area contributed by atoms with Crippen molar-refractivity contribution in [1.82, 2.24) is 0 Å². The Hall–Kier alpha value is -3.13. The first-order valence-corrected chi connectivity index (χ1v) is 13.0. The molecule has 0 saturated carbocycles. The number of hydrogen-bond acceptors (Lipinski definition) is 2. The van der Waals surface area contributed by atoms with Crippen molar-refractivity contribution < 1.29 is 9.90 Å². The lowest BCUT2D eigenvalue weighted by Gasteiger charge is -2.61. The average Bonchev–Trinajstić information content (AvgIpc) is 2.76. The molecule has 0 aromatic heterocycles. The van der Waals surface area contributed by atoms with Crippen LogP contribution in [-0.4, -0.2) is 10.9 Å². The summed E-state index contributed by atoms with van der Waals surface area (Å²) in [7, 11) is 0. The number of fused-ring (bicyclic) bond motifs is 3. The normalized spacial score (nSPS) is 29.6. The van der Waals surface area contributed by atoms with E-state index >= 15 is 0 Å². The van der Waals surface area contributed by atoms with Gasteiger partial charge in [0.05, 0.1) is 5.56 Å². The van der Waals surface area contributed by atoms with Crippen molar-refractivity contribution >= 4 is 5.78 Å². The van der Waals surface area contributed by atoms with Gasteiger partial charge in [-0.25, -0.2) is 0 Å². The van der Waals surface area contributed by atoms with Crippen LogP contribution in [0.25, 0.3) is 11.1 Å².